The molecule has 132 valence electrons. The quantitative estimate of drug-likeness (QED) is 0.685. The average Bonchev–Trinajstić information content (AvgIpc) is 3.01. The first-order valence-corrected chi connectivity index (χ1v) is 7.88. The number of halogens is 1. The number of nitrogens with one attached hydrogen (secondary N) is 3. The summed E-state index contributed by atoms with van der Waals surface area (Å²) in [6.07, 6.45) is 1.43. The van der Waals surface area contributed by atoms with Crippen molar-refractivity contribution in [3.8, 4) is 0 Å². The number of H-pyrrole nitrogens is 1. The van der Waals surface area contributed by atoms with Crippen molar-refractivity contribution >= 4 is 35.1 Å². The fourth-order valence-corrected chi connectivity index (χ4v) is 2.28. The molecular weight excluding hydrogens is 346 g/mol. The predicted molar refractivity (Wildman–Crippen MR) is 93.6 cm³/mol. The zero-order valence-electron chi connectivity index (χ0n) is 13.8. The number of carbonyl (C=O) groups is 3. The van der Waals surface area contributed by atoms with Gasteiger partial charge in [0.05, 0.1) is 11.6 Å². The van der Waals surface area contributed by atoms with Crippen molar-refractivity contribution in [1.82, 2.24) is 10.3 Å². The van der Waals surface area contributed by atoms with Gasteiger partial charge in [-0.3, -0.25) is 9.59 Å². The number of hydrogen-bond donors (Lipinski definition) is 3. The van der Waals surface area contributed by atoms with Crippen LogP contribution < -0.4 is 10.6 Å². The monoisotopic (exact) mass is 363 g/mol. The van der Waals surface area contributed by atoms with E-state index in [4.69, 9.17) is 16.3 Å². The lowest BCUT2D eigenvalue weighted by Gasteiger charge is -2.12. The number of para-hydroxylation sites is 1. The van der Waals surface area contributed by atoms with Gasteiger partial charge in [0.15, 0.2) is 6.61 Å². The van der Waals surface area contributed by atoms with E-state index in [0.29, 0.717) is 5.02 Å². The van der Waals surface area contributed by atoms with Crippen molar-refractivity contribution < 1.29 is 19.1 Å². The van der Waals surface area contributed by atoms with Crippen LogP contribution in [0.3, 0.4) is 0 Å². The zero-order valence-corrected chi connectivity index (χ0v) is 14.6. The fourth-order valence-electron chi connectivity index (χ4n) is 2.12. The lowest BCUT2D eigenvalue weighted by atomic mass is 10.1. The summed E-state index contributed by atoms with van der Waals surface area (Å²) in [6.45, 7) is 3.05. The van der Waals surface area contributed by atoms with E-state index < -0.39 is 18.5 Å². The zero-order chi connectivity index (χ0) is 18.4. The lowest BCUT2D eigenvalue weighted by Crippen LogP contribution is -2.35. The van der Waals surface area contributed by atoms with Crippen molar-refractivity contribution in [2.24, 2.45) is 0 Å². The molecule has 2 amide bonds. The molecule has 1 heterocycles. The first-order valence-electron chi connectivity index (χ1n) is 7.50. The summed E-state index contributed by atoms with van der Waals surface area (Å²) in [7, 11) is 0. The number of rotatable bonds is 6. The number of ether oxygens (including phenoxy) is 1. The molecule has 2 aromatic rings. The Kier molecular flexibility index (Phi) is 6.19. The molecule has 8 heteroatoms. The summed E-state index contributed by atoms with van der Waals surface area (Å²) in [5, 5.41) is 5.50. The van der Waals surface area contributed by atoms with Crippen molar-refractivity contribution in [2.75, 3.05) is 18.5 Å². The molecule has 1 aromatic heterocycles. The molecule has 0 atom stereocenters. The topological polar surface area (TPSA) is 100 Å². The van der Waals surface area contributed by atoms with Gasteiger partial charge in [0.25, 0.3) is 5.91 Å². The third-order valence-corrected chi connectivity index (χ3v) is 3.61. The summed E-state index contributed by atoms with van der Waals surface area (Å²) in [5.41, 5.74) is 2.72. The number of aromatic nitrogens is 1. The molecule has 25 heavy (non-hydrogen) atoms. The number of amides is 2. The third kappa shape index (κ3) is 5.36. The molecule has 0 aliphatic rings. The molecule has 3 N–H and O–H groups in total. The van der Waals surface area contributed by atoms with Crippen LogP contribution in [0.2, 0.25) is 5.02 Å². The van der Waals surface area contributed by atoms with Crippen LogP contribution in [-0.2, 0) is 14.3 Å². The molecular formula is C17H18ClN3O4. The highest BCUT2D eigenvalue weighted by atomic mass is 35.5. The second-order valence-corrected chi connectivity index (χ2v) is 5.84. The van der Waals surface area contributed by atoms with E-state index in [1.54, 1.807) is 0 Å². The second-order valence-electron chi connectivity index (χ2n) is 5.40. The highest BCUT2D eigenvalue weighted by molar-refractivity contribution is 6.30. The molecule has 0 radical (unpaired) electrons. The van der Waals surface area contributed by atoms with Gasteiger partial charge in [0.1, 0.15) is 5.69 Å². The van der Waals surface area contributed by atoms with Gasteiger partial charge < -0.3 is 20.4 Å². The Bertz CT molecular complexity index is 781. The number of hydrogen-bond acceptors (Lipinski definition) is 4. The van der Waals surface area contributed by atoms with E-state index in [1.165, 1.54) is 12.3 Å². The number of aryl methyl sites for hydroxylation is 2. The van der Waals surface area contributed by atoms with Gasteiger partial charge >= 0.3 is 5.97 Å². The van der Waals surface area contributed by atoms with Crippen LogP contribution in [0, 0.1) is 13.8 Å². The SMILES string of the molecule is Cc1cccc(C)c1NC(=O)CNC(=O)COC(=O)c1cc(Cl)c[nH]1. The number of carbonyl (C=O) groups excluding carboxylic acids is 3. The summed E-state index contributed by atoms with van der Waals surface area (Å²) in [5.74, 6) is -1.65. The van der Waals surface area contributed by atoms with Gasteiger partial charge in [-0.05, 0) is 31.0 Å². The summed E-state index contributed by atoms with van der Waals surface area (Å²) < 4.78 is 4.82. The third-order valence-electron chi connectivity index (χ3n) is 3.39. The standard InChI is InChI=1S/C17H18ClN3O4/c1-10-4-3-5-11(2)16(10)21-14(22)8-20-15(23)9-25-17(24)13-6-12(18)7-19-13/h3-7,19H,8-9H2,1-2H3,(H,20,23)(H,21,22). The summed E-state index contributed by atoms with van der Waals surface area (Å²) in [4.78, 5) is 37.9. The molecule has 7 nitrogen and oxygen atoms in total. The van der Waals surface area contributed by atoms with Gasteiger partial charge in [-0.15, -0.1) is 0 Å². The highest BCUT2D eigenvalue weighted by Crippen LogP contribution is 2.18. The van der Waals surface area contributed by atoms with Crippen LogP contribution in [-0.4, -0.2) is 35.9 Å². The second kappa shape index (κ2) is 8.34. The van der Waals surface area contributed by atoms with Crippen LogP contribution in [0.5, 0.6) is 0 Å². The van der Waals surface area contributed by atoms with Crippen molar-refractivity contribution in [2.45, 2.75) is 13.8 Å². The minimum Gasteiger partial charge on any atom is -0.451 e. The van der Waals surface area contributed by atoms with Crippen LogP contribution in [0.1, 0.15) is 21.6 Å². The van der Waals surface area contributed by atoms with E-state index in [9.17, 15) is 14.4 Å². The van der Waals surface area contributed by atoms with E-state index in [0.717, 1.165) is 16.8 Å². The molecule has 0 aliphatic carbocycles. The predicted octanol–water partition coefficient (Wildman–Crippen LogP) is 2.20. The number of aromatic amines is 1. The Morgan fingerprint density at radius 3 is 2.44 bits per heavy atom. The molecule has 0 spiro atoms. The molecule has 0 aliphatic heterocycles. The number of benzene rings is 1. The van der Waals surface area contributed by atoms with Crippen molar-refractivity contribution in [1.29, 1.82) is 0 Å². The largest absolute Gasteiger partial charge is 0.451 e. The summed E-state index contributed by atoms with van der Waals surface area (Å²) >= 11 is 5.68. The minimum absolute atomic E-state index is 0.144. The van der Waals surface area contributed by atoms with E-state index in [1.807, 2.05) is 32.0 Å². The van der Waals surface area contributed by atoms with E-state index in [-0.39, 0.29) is 18.1 Å². The molecule has 0 fully saturated rings. The molecule has 0 saturated carbocycles. The smallest absolute Gasteiger partial charge is 0.355 e. The molecule has 0 unspecified atom stereocenters. The molecule has 0 saturated heterocycles. The Balaban J connectivity index is 1.76. The van der Waals surface area contributed by atoms with Gasteiger partial charge in [0, 0.05) is 11.9 Å². The van der Waals surface area contributed by atoms with Gasteiger partial charge in [0.2, 0.25) is 5.91 Å². The van der Waals surface area contributed by atoms with E-state index >= 15 is 0 Å². The normalized spacial score (nSPS) is 10.2. The van der Waals surface area contributed by atoms with Gasteiger partial charge in [-0.2, -0.15) is 0 Å². The van der Waals surface area contributed by atoms with Crippen LogP contribution in [0.4, 0.5) is 5.69 Å². The maximum atomic E-state index is 11.9. The lowest BCUT2D eigenvalue weighted by molar-refractivity contribution is -0.126. The first-order chi connectivity index (χ1) is 11.9. The maximum Gasteiger partial charge on any atom is 0.355 e. The Morgan fingerprint density at radius 2 is 1.84 bits per heavy atom. The van der Waals surface area contributed by atoms with Crippen LogP contribution in [0.15, 0.2) is 30.5 Å². The number of anilines is 1. The Morgan fingerprint density at radius 1 is 1.16 bits per heavy atom. The highest BCUT2D eigenvalue weighted by Gasteiger charge is 2.13. The van der Waals surface area contributed by atoms with Crippen LogP contribution >= 0.6 is 11.6 Å². The van der Waals surface area contributed by atoms with Gasteiger partial charge in [-0.1, -0.05) is 29.8 Å². The molecule has 0 bridgehead atoms. The van der Waals surface area contributed by atoms with E-state index in [2.05, 4.69) is 15.6 Å². The molecule has 2 rings (SSSR count). The van der Waals surface area contributed by atoms with Crippen LogP contribution in [0.25, 0.3) is 0 Å². The first kappa shape index (κ1) is 18.5. The average molecular weight is 364 g/mol. The number of esters is 1. The van der Waals surface area contributed by atoms with Crippen molar-refractivity contribution in [3.05, 3.63) is 52.3 Å². The fraction of sp³-hybridized carbons (Fsp3) is 0.235. The Labute approximate surface area is 149 Å². The Hall–Kier alpha value is -2.80. The maximum absolute atomic E-state index is 11.9. The van der Waals surface area contributed by atoms with Crippen molar-refractivity contribution in [3.63, 3.8) is 0 Å². The summed E-state index contributed by atoms with van der Waals surface area (Å²) in [6, 6.07) is 7.05. The molecule has 1 aromatic carbocycles. The van der Waals surface area contributed by atoms with Gasteiger partial charge in [-0.25, -0.2) is 4.79 Å². The minimum atomic E-state index is -0.706.